The molecule has 2 aromatic carbocycles. The van der Waals surface area contributed by atoms with E-state index in [-0.39, 0.29) is 5.91 Å². The zero-order chi connectivity index (χ0) is 16.2. The van der Waals surface area contributed by atoms with E-state index in [2.05, 4.69) is 67.3 Å². The molecule has 1 aliphatic heterocycles. The summed E-state index contributed by atoms with van der Waals surface area (Å²) in [6.07, 6.45) is 0.977. The lowest BCUT2D eigenvalue weighted by Crippen LogP contribution is -2.57. The molecule has 0 spiro atoms. The van der Waals surface area contributed by atoms with Crippen molar-refractivity contribution in [2.45, 2.75) is 26.3 Å². The van der Waals surface area contributed by atoms with Gasteiger partial charge in [-0.1, -0.05) is 55.0 Å². The first-order chi connectivity index (χ1) is 11.2. The van der Waals surface area contributed by atoms with Crippen molar-refractivity contribution in [2.75, 3.05) is 24.5 Å². The Labute approximate surface area is 138 Å². The van der Waals surface area contributed by atoms with E-state index in [1.54, 1.807) is 0 Å². The van der Waals surface area contributed by atoms with Crippen molar-refractivity contribution < 1.29 is 4.79 Å². The van der Waals surface area contributed by atoms with Gasteiger partial charge in [0.2, 0.25) is 5.91 Å². The van der Waals surface area contributed by atoms with Crippen molar-refractivity contribution in [1.29, 1.82) is 0 Å². The molecule has 2 aromatic rings. The summed E-state index contributed by atoms with van der Waals surface area (Å²) in [5.74, 6) is 0.194. The molecule has 0 bridgehead atoms. The van der Waals surface area contributed by atoms with Crippen LogP contribution in [0.3, 0.4) is 0 Å². The molecule has 0 saturated carbocycles. The van der Waals surface area contributed by atoms with Crippen molar-refractivity contribution in [2.24, 2.45) is 0 Å². The highest BCUT2D eigenvalue weighted by Gasteiger charge is 2.31. The third kappa shape index (κ3) is 3.62. The van der Waals surface area contributed by atoms with E-state index >= 15 is 0 Å². The number of hydrogen-bond acceptors (Lipinski definition) is 2. The molecule has 1 amide bonds. The lowest BCUT2D eigenvalue weighted by Gasteiger charge is -2.40. The number of anilines is 1. The maximum Gasteiger partial charge on any atom is 0.241 e. The van der Waals surface area contributed by atoms with Gasteiger partial charge in [0.15, 0.2) is 0 Å². The molecular weight excluding hydrogens is 284 g/mol. The molecule has 3 heteroatoms. The standard InChI is InChI=1S/C20H24N2O/c1-3-21-15-20(23)22(18-11-9-16(2)10-12-18)14-19(21)13-17-7-5-4-6-8-17/h4-12,19H,3,13-15H2,1-2H3/t19-/m1/s1. The zero-order valence-corrected chi connectivity index (χ0v) is 13.9. The fraction of sp³-hybridized carbons (Fsp3) is 0.350. The van der Waals surface area contributed by atoms with Crippen LogP contribution in [0.5, 0.6) is 0 Å². The molecule has 23 heavy (non-hydrogen) atoms. The minimum absolute atomic E-state index is 0.194. The van der Waals surface area contributed by atoms with Crippen molar-refractivity contribution in [3.63, 3.8) is 0 Å². The van der Waals surface area contributed by atoms with E-state index in [9.17, 15) is 4.79 Å². The Morgan fingerprint density at radius 2 is 1.74 bits per heavy atom. The van der Waals surface area contributed by atoms with Gasteiger partial charge in [0.05, 0.1) is 6.54 Å². The van der Waals surface area contributed by atoms with Gasteiger partial charge in [-0.2, -0.15) is 0 Å². The lowest BCUT2D eigenvalue weighted by atomic mass is 10.0. The number of nitrogens with zero attached hydrogens (tertiary/aromatic N) is 2. The van der Waals surface area contributed by atoms with E-state index in [4.69, 9.17) is 0 Å². The minimum Gasteiger partial charge on any atom is -0.310 e. The summed E-state index contributed by atoms with van der Waals surface area (Å²) in [7, 11) is 0. The zero-order valence-electron chi connectivity index (χ0n) is 13.9. The number of amides is 1. The Morgan fingerprint density at radius 1 is 1.04 bits per heavy atom. The maximum atomic E-state index is 12.5. The molecule has 1 heterocycles. The number of likely N-dealkylation sites (N-methyl/N-ethyl adjacent to an activating group) is 1. The number of rotatable bonds is 4. The SMILES string of the molecule is CCN1CC(=O)N(c2ccc(C)cc2)C[C@H]1Cc1ccccc1. The number of carbonyl (C=O) groups is 1. The number of carbonyl (C=O) groups excluding carboxylic acids is 1. The van der Waals surface area contributed by atoms with Crippen LogP contribution in [0.15, 0.2) is 54.6 Å². The summed E-state index contributed by atoms with van der Waals surface area (Å²) in [6.45, 7) is 6.36. The first-order valence-electron chi connectivity index (χ1n) is 8.32. The summed E-state index contributed by atoms with van der Waals surface area (Å²) in [5, 5.41) is 0. The number of hydrogen-bond donors (Lipinski definition) is 0. The van der Waals surface area contributed by atoms with Crippen LogP contribution in [0.1, 0.15) is 18.1 Å². The predicted octanol–water partition coefficient (Wildman–Crippen LogP) is 3.27. The molecule has 0 radical (unpaired) electrons. The molecule has 1 atom stereocenters. The second-order valence-corrected chi connectivity index (χ2v) is 6.25. The summed E-state index contributed by atoms with van der Waals surface area (Å²) >= 11 is 0. The molecule has 1 fully saturated rings. The quantitative estimate of drug-likeness (QED) is 0.865. The Bertz CT molecular complexity index is 651. The smallest absolute Gasteiger partial charge is 0.241 e. The Hall–Kier alpha value is -2.13. The third-order valence-corrected chi connectivity index (χ3v) is 4.62. The number of piperazine rings is 1. The topological polar surface area (TPSA) is 23.6 Å². The fourth-order valence-corrected chi connectivity index (χ4v) is 3.24. The van der Waals surface area contributed by atoms with Crippen molar-refractivity contribution in [1.82, 2.24) is 4.90 Å². The van der Waals surface area contributed by atoms with E-state index in [0.717, 1.165) is 25.2 Å². The summed E-state index contributed by atoms with van der Waals surface area (Å²) in [5.41, 5.74) is 3.55. The van der Waals surface area contributed by atoms with Crippen molar-refractivity contribution in [3.8, 4) is 0 Å². The van der Waals surface area contributed by atoms with Gasteiger partial charge in [-0.05, 0) is 37.6 Å². The molecule has 3 rings (SSSR count). The van der Waals surface area contributed by atoms with Gasteiger partial charge in [0.1, 0.15) is 0 Å². The Balaban J connectivity index is 1.80. The molecule has 0 aliphatic carbocycles. The van der Waals surface area contributed by atoms with Gasteiger partial charge in [0.25, 0.3) is 0 Å². The van der Waals surface area contributed by atoms with Crippen molar-refractivity contribution in [3.05, 3.63) is 65.7 Å². The number of aryl methyl sites for hydroxylation is 1. The second kappa shape index (κ2) is 6.97. The highest BCUT2D eigenvalue weighted by atomic mass is 16.2. The first-order valence-corrected chi connectivity index (χ1v) is 8.32. The van der Waals surface area contributed by atoms with Gasteiger partial charge < -0.3 is 4.90 Å². The van der Waals surface area contributed by atoms with E-state index < -0.39 is 0 Å². The average Bonchev–Trinajstić information content (AvgIpc) is 2.58. The van der Waals surface area contributed by atoms with Crippen LogP contribution in [0, 0.1) is 6.92 Å². The van der Waals surface area contributed by atoms with Crippen molar-refractivity contribution >= 4 is 11.6 Å². The monoisotopic (exact) mass is 308 g/mol. The van der Waals surface area contributed by atoms with Gasteiger partial charge in [-0.25, -0.2) is 0 Å². The molecule has 0 unspecified atom stereocenters. The fourth-order valence-electron chi connectivity index (χ4n) is 3.24. The van der Waals surface area contributed by atoms with Gasteiger partial charge in [-0.15, -0.1) is 0 Å². The highest BCUT2D eigenvalue weighted by Crippen LogP contribution is 2.22. The lowest BCUT2D eigenvalue weighted by molar-refractivity contribution is -0.122. The molecule has 0 aromatic heterocycles. The van der Waals surface area contributed by atoms with Crippen LogP contribution in [0.2, 0.25) is 0 Å². The predicted molar refractivity (Wildman–Crippen MR) is 94.7 cm³/mol. The largest absolute Gasteiger partial charge is 0.310 e. The molecule has 0 N–H and O–H groups in total. The van der Waals surface area contributed by atoms with Crippen LogP contribution in [-0.4, -0.2) is 36.5 Å². The molecule has 1 saturated heterocycles. The second-order valence-electron chi connectivity index (χ2n) is 6.25. The Morgan fingerprint density at radius 3 is 2.39 bits per heavy atom. The van der Waals surface area contributed by atoms with Crippen LogP contribution >= 0.6 is 0 Å². The van der Waals surface area contributed by atoms with E-state index in [0.29, 0.717) is 12.6 Å². The third-order valence-electron chi connectivity index (χ3n) is 4.62. The molecule has 120 valence electrons. The average molecular weight is 308 g/mol. The Kier molecular flexibility index (Phi) is 4.77. The van der Waals surface area contributed by atoms with Crippen LogP contribution < -0.4 is 4.90 Å². The maximum absolute atomic E-state index is 12.5. The summed E-state index contributed by atoms with van der Waals surface area (Å²) in [4.78, 5) is 16.8. The van der Waals surface area contributed by atoms with E-state index in [1.165, 1.54) is 11.1 Å². The van der Waals surface area contributed by atoms with Gasteiger partial charge in [0, 0.05) is 18.3 Å². The minimum atomic E-state index is 0.194. The van der Waals surface area contributed by atoms with Crippen LogP contribution in [0.25, 0.3) is 0 Å². The first kappa shape index (κ1) is 15.8. The molecule has 1 aliphatic rings. The summed E-state index contributed by atoms with van der Waals surface area (Å²) in [6, 6.07) is 19.1. The normalized spacial score (nSPS) is 19.1. The van der Waals surface area contributed by atoms with Crippen LogP contribution in [-0.2, 0) is 11.2 Å². The number of benzene rings is 2. The molecule has 3 nitrogen and oxygen atoms in total. The van der Waals surface area contributed by atoms with E-state index in [1.807, 2.05) is 11.0 Å². The summed E-state index contributed by atoms with van der Waals surface area (Å²) < 4.78 is 0. The molecular formula is C20H24N2O. The van der Waals surface area contributed by atoms with Crippen LogP contribution in [0.4, 0.5) is 5.69 Å². The van der Waals surface area contributed by atoms with Gasteiger partial charge in [-0.3, -0.25) is 9.69 Å². The van der Waals surface area contributed by atoms with Gasteiger partial charge >= 0.3 is 0 Å². The highest BCUT2D eigenvalue weighted by molar-refractivity contribution is 5.95.